The molecule has 35 heavy (non-hydrogen) atoms. The van der Waals surface area contributed by atoms with Gasteiger partial charge in [-0.3, -0.25) is 0 Å². The second-order valence-corrected chi connectivity index (χ2v) is 8.90. The van der Waals surface area contributed by atoms with Crippen LogP contribution < -0.4 is 26.0 Å². The lowest BCUT2D eigenvalue weighted by Crippen LogP contribution is -2.19. The molecule has 0 unspecified atom stereocenters. The second kappa shape index (κ2) is 11.9. The van der Waals surface area contributed by atoms with Crippen LogP contribution in [0.2, 0.25) is 10.0 Å². The molecule has 4 aromatic rings. The number of nitrogens with one attached hydrogen (secondary N) is 4. The van der Waals surface area contributed by atoms with Gasteiger partial charge in [-0.15, -0.1) is 0 Å². The summed E-state index contributed by atoms with van der Waals surface area (Å²) in [6.07, 6.45) is 0. The maximum atomic E-state index is 6.16. The summed E-state index contributed by atoms with van der Waals surface area (Å²) in [7, 11) is 0. The van der Waals surface area contributed by atoms with Crippen molar-refractivity contribution in [2.75, 3.05) is 21.3 Å². The fourth-order valence-corrected chi connectivity index (χ4v) is 3.86. The SMILES string of the molecule is S=C(Nc1ccc(Oc2ccc(NC(=S)Nc3ccccc3Cl)cc2)cc1)Nc1ccccc1Cl. The fourth-order valence-electron chi connectivity index (χ4n) is 3.04. The molecule has 0 aromatic heterocycles. The first-order valence-corrected chi connectivity index (χ1v) is 12.1. The predicted molar refractivity (Wildman–Crippen MR) is 156 cm³/mol. The van der Waals surface area contributed by atoms with E-state index in [1.165, 1.54) is 0 Å². The lowest BCUT2D eigenvalue weighted by Gasteiger charge is -2.13. The van der Waals surface area contributed by atoms with Gasteiger partial charge in [0, 0.05) is 11.4 Å². The van der Waals surface area contributed by atoms with Crippen molar-refractivity contribution in [1.82, 2.24) is 0 Å². The molecular formula is C26H20Cl2N4OS2. The average molecular weight is 540 g/mol. The van der Waals surface area contributed by atoms with Crippen LogP contribution in [0.25, 0.3) is 0 Å². The van der Waals surface area contributed by atoms with Gasteiger partial charge in [0.2, 0.25) is 0 Å². The van der Waals surface area contributed by atoms with Crippen LogP contribution in [0.3, 0.4) is 0 Å². The Kier molecular flexibility index (Phi) is 8.39. The summed E-state index contributed by atoms with van der Waals surface area (Å²) in [6, 6.07) is 29.8. The largest absolute Gasteiger partial charge is 0.457 e. The van der Waals surface area contributed by atoms with E-state index in [1.807, 2.05) is 84.9 Å². The standard InChI is InChI=1S/C26H20Cl2N4OS2/c27-21-5-1-3-7-23(21)31-25(34)29-17-9-13-19(14-10-17)33-20-15-11-18(12-16-20)30-26(35)32-24-8-4-2-6-22(24)28/h1-16H,(H2,29,31,34)(H2,30,32,35). The van der Waals surface area contributed by atoms with E-state index in [1.54, 1.807) is 12.1 Å². The van der Waals surface area contributed by atoms with Gasteiger partial charge in [-0.2, -0.15) is 0 Å². The highest BCUT2D eigenvalue weighted by molar-refractivity contribution is 7.81. The molecule has 0 fully saturated rings. The van der Waals surface area contributed by atoms with Gasteiger partial charge in [-0.25, -0.2) is 0 Å². The zero-order chi connectivity index (χ0) is 24.6. The number of halogens is 2. The van der Waals surface area contributed by atoms with Gasteiger partial charge in [0.1, 0.15) is 11.5 Å². The van der Waals surface area contributed by atoms with Gasteiger partial charge in [0.15, 0.2) is 10.2 Å². The van der Waals surface area contributed by atoms with Gasteiger partial charge in [-0.05, 0) is 97.2 Å². The van der Waals surface area contributed by atoms with E-state index in [9.17, 15) is 0 Å². The normalized spacial score (nSPS) is 10.2. The molecule has 0 heterocycles. The first-order chi connectivity index (χ1) is 17.0. The molecule has 5 nitrogen and oxygen atoms in total. The maximum Gasteiger partial charge on any atom is 0.175 e. The quantitative estimate of drug-likeness (QED) is 0.184. The molecule has 0 bridgehead atoms. The third-order valence-electron chi connectivity index (χ3n) is 4.70. The monoisotopic (exact) mass is 538 g/mol. The van der Waals surface area contributed by atoms with Crippen LogP contribution in [-0.4, -0.2) is 10.2 Å². The first-order valence-electron chi connectivity index (χ1n) is 10.5. The minimum absolute atomic E-state index is 0.441. The highest BCUT2D eigenvalue weighted by Gasteiger charge is 2.05. The van der Waals surface area contributed by atoms with Crippen LogP contribution in [0, 0.1) is 0 Å². The lowest BCUT2D eigenvalue weighted by atomic mass is 10.3. The number of hydrogen-bond acceptors (Lipinski definition) is 3. The summed E-state index contributed by atoms with van der Waals surface area (Å²) in [6.45, 7) is 0. The van der Waals surface area contributed by atoms with Crippen LogP contribution in [0.4, 0.5) is 22.7 Å². The summed E-state index contributed by atoms with van der Waals surface area (Å²) < 4.78 is 5.93. The van der Waals surface area contributed by atoms with Crippen molar-refractivity contribution in [1.29, 1.82) is 0 Å². The number of anilines is 4. The molecule has 0 saturated carbocycles. The van der Waals surface area contributed by atoms with Crippen LogP contribution in [-0.2, 0) is 0 Å². The van der Waals surface area contributed by atoms with Crippen molar-refractivity contribution in [2.45, 2.75) is 0 Å². The Balaban J connectivity index is 1.28. The van der Waals surface area contributed by atoms with Gasteiger partial charge < -0.3 is 26.0 Å². The molecule has 0 aliphatic rings. The van der Waals surface area contributed by atoms with Crippen LogP contribution in [0.5, 0.6) is 11.5 Å². The lowest BCUT2D eigenvalue weighted by molar-refractivity contribution is 0.483. The van der Waals surface area contributed by atoms with Crippen molar-refractivity contribution < 1.29 is 4.74 Å². The molecule has 0 aliphatic heterocycles. The average Bonchev–Trinajstić information content (AvgIpc) is 2.84. The number of hydrogen-bond donors (Lipinski definition) is 4. The van der Waals surface area contributed by atoms with Crippen molar-refractivity contribution >= 4 is 80.6 Å². The summed E-state index contributed by atoms with van der Waals surface area (Å²) in [5.41, 5.74) is 3.12. The van der Waals surface area contributed by atoms with Crippen molar-refractivity contribution in [3.05, 3.63) is 107 Å². The van der Waals surface area contributed by atoms with Crippen molar-refractivity contribution in [3.8, 4) is 11.5 Å². The number of rotatable bonds is 6. The maximum absolute atomic E-state index is 6.16. The van der Waals surface area contributed by atoms with Crippen LogP contribution >= 0.6 is 47.6 Å². The van der Waals surface area contributed by atoms with E-state index in [-0.39, 0.29) is 0 Å². The smallest absolute Gasteiger partial charge is 0.175 e. The topological polar surface area (TPSA) is 57.4 Å². The fraction of sp³-hybridized carbons (Fsp3) is 0. The molecular weight excluding hydrogens is 519 g/mol. The number of benzene rings is 4. The van der Waals surface area contributed by atoms with Crippen LogP contribution in [0.15, 0.2) is 97.1 Å². The van der Waals surface area contributed by atoms with Crippen molar-refractivity contribution in [3.63, 3.8) is 0 Å². The van der Waals surface area contributed by atoms with E-state index in [2.05, 4.69) is 21.3 Å². The zero-order valence-electron chi connectivity index (χ0n) is 18.2. The molecule has 4 rings (SSSR count). The highest BCUT2D eigenvalue weighted by Crippen LogP contribution is 2.26. The molecule has 0 atom stereocenters. The van der Waals surface area contributed by atoms with E-state index in [0.29, 0.717) is 31.8 Å². The molecule has 9 heteroatoms. The Labute approximate surface area is 224 Å². The van der Waals surface area contributed by atoms with Crippen molar-refractivity contribution in [2.24, 2.45) is 0 Å². The minimum Gasteiger partial charge on any atom is -0.457 e. The van der Waals surface area contributed by atoms with Gasteiger partial charge in [-0.1, -0.05) is 47.5 Å². The summed E-state index contributed by atoms with van der Waals surface area (Å²) in [4.78, 5) is 0. The Morgan fingerprint density at radius 1 is 0.514 bits per heavy atom. The Hall–Kier alpha value is -3.36. The predicted octanol–water partition coefficient (Wildman–Crippen LogP) is 8.40. The third-order valence-corrected chi connectivity index (χ3v) is 5.77. The Morgan fingerprint density at radius 2 is 0.886 bits per heavy atom. The molecule has 176 valence electrons. The number of ether oxygens (including phenoxy) is 1. The van der Waals surface area contributed by atoms with Gasteiger partial charge in [0.05, 0.1) is 21.4 Å². The van der Waals surface area contributed by atoms with Crippen LogP contribution in [0.1, 0.15) is 0 Å². The summed E-state index contributed by atoms with van der Waals surface area (Å²) in [5, 5.41) is 14.5. The van der Waals surface area contributed by atoms with Gasteiger partial charge in [0.25, 0.3) is 0 Å². The van der Waals surface area contributed by atoms with Gasteiger partial charge >= 0.3 is 0 Å². The Morgan fingerprint density at radius 3 is 1.26 bits per heavy atom. The van der Waals surface area contributed by atoms with E-state index >= 15 is 0 Å². The Bertz CT molecular complexity index is 1230. The molecule has 0 saturated heterocycles. The summed E-state index contributed by atoms with van der Waals surface area (Å²) >= 11 is 23.0. The molecule has 4 aromatic carbocycles. The molecule has 0 aliphatic carbocycles. The summed E-state index contributed by atoms with van der Waals surface area (Å²) in [5.74, 6) is 1.38. The number of thiocarbonyl (C=S) groups is 2. The van der Waals surface area contributed by atoms with E-state index < -0.39 is 0 Å². The van der Waals surface area contributed by atoms with E-state index in [0.717, 1.165) is 22.7 Å². The minimum atomic E-state index is 0.441. The molecule has 0 radical (unpaired) electrons. The molecule has 0 amide bonds. The third kappa shape index (κ3) is 7.31. The highest BCUT2D eigenvalue weighted by atomic mass is 35.5. The molecule has 4 N–H and O–H groups in total. The molecule has 0 spiro atoms. The number of para-hydroxylation sites is 2. The van der Waals surface area contributed by atoms with E-state index in [4.69, 9.17) is 52.4 Å². The zero-order valence-corrected chi connectivity index (χ0v) is 21.4. The first kappa shape index (κ1) is 24.8. The second-order valence-electron chi connectivity index (χ2n) is 7.27.